The van der Waals surface area contributed by atoms with Crippen molar-refractivity contribution in [2.24, 2.45) is 0 Å². The van der Waals surface area contributed by atoms with Crippen LogP contribution < -0.4 is 10.6 Å². The molecule has 9 nitrogen and oxygen atoms in total. The van der Waals surface area contributed by atoms with Gasteiger partial charge in [-0.2, -0.15) is 0 Å². The predicted molar refractivity (Wildman–Crippen MR) is 144 cm³/mol. The molecule has 0 saturated heterocycles. The third kappa shape index (κ3) is 7.05. The zero-order valence-corrected chi connectivity index (χ0v) is 20.6. The van der Waals surface area contributed by atoms with E-state index in [-0.39, 0.29) is 28.5 Å². The number of anilines is 1. The number of amides is 2. The molecule has 0 fully saturated rings. The van der Waals surface area contributed by atoms with Crippen LogP contribution >= 0.6 is 11.8 Å². The minimum atomic E-state index is -0.569. The average molecular weight is 528 g/mol. The van der Waals surface area contributed by atoms with E-state index in [0.717, 1.165) is 0 Å². The van der Waals surface area contributed by atoms with Crippen LogP contribution in [0.3, 0.4) is 0 Å². The number of rotatable bonds is 10. The number of furan rings is 1. The summed E-state index contributed by atoms with van der Waals surface area (Å²) in [6, 6.07) is 24.2. The molecule has 3 aromatic carbocycles. The molecule has 0 bridgehead atoms. The largest absolute Gasteiger partial charge is 0.465 e. The van der Waals surface area contributed by atoms with Gasteiger partial charge in [-0.25, -0.2) is 0 Å². The number of nitro groups is 1. The molecular formula is C28H21N3O6S. The van der Waals surface area contributed by atoms with Crippen molar-refractivity contribution < 1.29 is 23.7 Å². The van der Waals surface area contributed by atoms with Crippen LogP contribution in [0.4, 0.5) is 11.4 Å². The molecule has 0 saturated carbocycles. The van der Waals surface area contributed by atoms with Gasteiger partial charge in [0.15, 0.2) is 5.78 Å². The molecule has 1 heterocycles. The van der Waals surface area contributed by atoms with Gasteiger partial charge in [0.1, 0.15) is 11.5 Å². The van der Waals surface area contributed by atoms with Gasteiger partial charge in [-0.05, 0) is 42.5 Å². The van der Waals surface area contributed by atoms with E-state index in [0.29, 0.717) is 21.9 Å². The Morgan fingerprint density at radius 3 is 2.39 bits per heavy atom. The second-order valence-electron chi connectivity index (χ2n) is 7.89. The monoisotopic (exact) mass is 527 g/mol. The van der Waals surface area contributed by atoms with Crippen molar-refractivity contribution in [1.29, 1.82) is 0 Å². The number of nitrogens with one attached hydrogen (secondary N) is 2. The molecule has 2 N–H and O–H groups in total. The quantitative estimate of drug-likeness (QED) is 0.0906. The molecular weight excluding hydrogens is 506 g/mol. The summed E-state index contributed by atoms with van der Waals surface area (Å²) in [5.41, 5.74) is 0.911. The number of carbonyl (C=O) groups is 3. The lowest BCUT2D eigenvalue weighted by molar-refractivity contribution is -0.384. The minimum absolute atomic E-state index is 0.0206. The van der Waals surface area contributed by atoms with E-state index in [9.17, 15) is 24.5 Å². The Bertz CT molecular complexity index is 1500. The van der Waals surface area contributed by atoms with Crippen molar-refractivity contribution in [3.05, 3.63) is 130 Å². The number of thioether (sulfide) groups is 1. The number of nitro benzene ring substituents is 1. The van der Waals surface area contributed by atoms with E-state index in [1.165, 1.54) is 48.4 Å². The molecule has 38 heavy (non-hydrogen) atoms. The summed E-state index contributed by atoms with van der Waals surface area (Å²) in [6.45, 7) is 0. The zero-order chi connectivity index (χ0) is 26.9. The number of non-ortho nitro benzene ring substituents is 1. The zero-order valence-electron chi connectivity index (χ0n) is 19.8. The Kier molecular flexibility index (Phi) is 8.47. The summed E-state index contributed by atoms with van der Waals surface area (Å²) in [6.07, 6.45) is 2.88. The van der Waals surface area contributed by atoms with E-state index in [4.69, 9.17) is 4.42 Å². The van der Waals surface area contributed by atoms with Gasteiger partial charge >= 0.3 is 0 Å². The van der Waals surface area contributed by atoms with Crippen LogP contribution in [0.5, 0.6) is 0 Å². The van der Waals surface area contributed by atoms with Crippen LogP contribution in [-0.4, -0.2) is 28.3 Å². The molecule has 4 rings (SSSR count). The summed E-state index contributed by atoms with van der Waals surface area (Å²) >= 11 is 1.23. The highest BCUT2D eigenvalue weighted by molar-refractivity contribution is 8.00. The van der Waals surface area contributed by atoms with E-state index < -0.39 is 16.7 Å². The average Bonchev–Trinajstić information content (AvgIpc) is 3.45. The van der Waals surface area contributed by atoms with Crippen molar-refractivity contribution in [2.75, 3.05) is 11.1 Å². The van der Waals surface area contributed by atoms with Crippen molar-refractivity contribution in [3.63, 3.8) is 0 Å². The summed E-state index contributed by atoms with van der Waals surface area (Å²) in [5.74, 6) is -0.856. The molecule has 0 aliphatic heterocycles. The van der Waals surface area contributed by atoms with Gasteiger partial charge in [-0.1, -0.05) is 36.4 Å². The summed E-state index contributed by atoms with van der Waals surface area (Å²) < 4.78 is 5.30. The Morgan fingerprint density at radius 2 is 1.66 bits per heavy atom. The Morgan fingerprint density at radius 1 is 0.895 bits per heavy atom. The summed E-state index contributed by atoms with van der Waals surface area (Å²) in [5, 5.41) is 16.4. The van der Waals surface area contributed by atoms with Crippen molar-refractivity contribution in [3.8, 4) is 0 Å². The summed E-state index contributed by atoms with van der Waals surface area (Å²) in [7, 11) is 0. The predicted octanol–water partition coefficient (Wildman–Crippen LogP) is 5.57. The topological polar surface area (TPSA) is 132 Å². The molecule has 0 radical (unpaired) electrons. The van der Waals surface area contributed by atoms with Crippen LogP contribution in [0.1, 0.15) is 26.5 Å². The standard InChI is InChI=1S/C28H21N3O6S/c32-26(20-9-4-11-22(15-20)31(35)36)18-38-24-13-5-10-21(16-24)29-28(34)25(17-23-12-6-14-37-23)30-27(33)19-7-2-1-3-8-19/h1-17H,18H2,(H,29,34)(H,30,33)/b25-17-. The second-order valence-corrected chi connectivity index (χ2v) is 8.94. The highest BCUT2D eigenvalue weighted by Gasteiger charge is 2.16. The van der Waals surface area contributed by atoms with E-state index in [1.54, 1.807) is 66.7 Å². The van der Waals surface area contributed by atoms with Gasteiger partial charge in [-0.3, -0.25) is 24.5 Å². The van der Waals surface area contributed by atoms with E-state index >= 15 is 0 Å². The number of hydrogen-bond donors (Lipinski definition) is 2. The van der Waals surface area contributed by atoms with Crippen LogP contribution in [0.15, 0.2) is 112 Å². The fraction of sp³-hybridized carbons (Fsp3) is 0.0357. The SMILES string of the molecule is O=C(Nc1cccc(SCC(=O)c2cccc([N+](=O)[O-])c2)c1)/C(=C/c1ccco1)NC(=O)c1ccccc1. The van der Waals surface area contributed by atoms with Gasteiger partial charge in [0.05, 0.1) is 16.9 Å². The third-order valence-electron chi connectivity index (χ3n) is 5.20. The third-order valence-corrected chi connectivity index (χ3v) is 6.19. The highest BCUT2D eigenvalue weighted by atomic mass is 32.2. The lowest BCUT2D eigenvalue weighted by Crippen LogP contribution is -2.30. The molecule has 4 aromatic rings. The number of ketones is 1. The molecule has 2 amide bonds. The lowest BCUT2D eigenvalue weighted by atomic mass is 10.1. The van der Waals surface area contributed by atoms with Crippen molar-refractivity contribution >= 4 is 46.8 Å². The molecule has 190 valence electrons. The van der Waals surface area contributed by atoms with Crippen molar-refractivity contribution in [2.45, 2.75) is 4.90 Å². The van der Waals surface area contributed by atoms with Gasteiger partial charge < -0.3 is 15.1 Å². The number of hydrogen-bond acceptors (Lipinski definition) is 7. The maximum Gasteiger partial charge on any atom is 0.272 e. The Labute approximate surface area is 221 Å². The maximum atomic E-state index is 13.1. The van der Waals surface area contributed by atoms with Crippen LogP contribution in [0.2, 0.25) is 0 Å². The fourth-order valence-electron chi connectivity index (χ4n) is 3.35. The first-order valence-corrected chi connectivity index (χ1v) is 12.3. The smallest absolute Gasteiger partial charge is 0.272 e. The second kappa shape index (κ2) is 12.3. The number of benzene rings is 3. The van der Waals surface area contributed by atoms with Crippen LogP contribution in [0, 0.1) is 10.1 Å². The lowest BCUT2D eigenvalue weighted by Gasteiger charge is -2.12. The van der Waals surface area contributed by atoms with Crippen LogP contribution in [-0.2, 0) is 4.79 Å². The van der Waals surface area contributed by atoms with Gasteiger partial charge in [0, 0.05) is 39.9 Å². The van der Waals surface area contributed by atoms with Gasteiger partial charge in [0.25, 0.3) is 17.5 Å². The molecule has 0 aliphatic carbocycles. The first-order chi connectivity index (χ1) is 18.4. The number of nitrogens with zero attached hydrogens (tertiary/aromatic N) is 1. The molecule has 0 unspecified atom stereocenters. The molecule has 0 atom stereocenters. The first-order valence-electron chi connectivity index (χ1n) is 11.3. The number of carbonyl (C=O) groups excluding carboxylic acids is 3. The van der Waals surface area contributed by atoms with E-state index in [1.807, 2.05) is 0 Å². The van der Waals surface area contributed by atoms with E-state index in [2.05, 4.69) is 10.6 Å². The minimum Gasteiger partial charge on any atom is -0.465 e. The van der Waals surface area contributed by atoms with Gasteiger partial charge in [0.2, 0.25) is 0 Å². The first kappa shape index (κ1) is 26.1. The maximum absolute atomic E-state index is 13.1. The Balaban J connectivity index is 1.44. The summed E-state index contributed by atoms with van der Waals surface area (Å²) in [4.78, 5) is 49.5. The normalized spacial score (nSPS) is 11.0. The van der Waals surface area contributed by atoms with Gasteiger partial charge in [-0.15, -0.1) is 11.8 Å². The highest BCUT2D eigenvalue weighted by Crippen LogP contribution is 2.24. The molecule has 0 spiro atoms. The Hall–Kier alpha value is -4.96. The van der Waals surface area contributed by atoms with Crippen LogP contribution in [0.25, 0.3) is 6.08 Å². The molecule has 0 aliphatic rings. The molecule has 10 heteroatoms. The molecule has 1 aromatic heterocycles. The van der Waals surface area contributed by atoms with Crippen molar-refractivity contribution in [1.82, 2.24) is 5.32 Å². The fourth-order valence-corrected chi connectivity index (χ4v) is 4.19. The number of Topliss-reactive ketones (excluding diaryl/α,β-unsaturated/α-hetero) is 1.